The Kier molecular flexibility index (Phi) is 4.21. The number of anilines is 2. The van der Waals surface area contributed by atoms with Crippen LogP contribution in [0.25, 0.3) is 0 Å². The molecule has 2 amide bonds. The zero-order chi connectivity index (χ0) is 16.6. The lowest BCUT2D eigenvalue weighted by Gasteiger charge is -2.23. The van der Waals surface area contributed by atoms with Gasteiger partial charge in [-0.05, 0) is 35.0 Å². The number of aromatic nitrogens is 2. The number of carbonyl (C=O) groups is 2. The van der Waals surface area contributed by atoms with Crippen molar-refractivity contribution in [1.82, 2.24) is 9.78 Å². The smallest absolute Gasteiger partial charge is 0.262 e. The van der Waals surface area contributed by atoms with Crippen LogP contribution in [0.4, 0.5) is 11.4 Å². The summed E-state index contributed by atoms with van der Waals surface area (Å²) in [5.41, 5.74) is 1.98. The summed E-state index contributed by atoms with van der Waals surface area (Å²) in [6, 6.07) is 7.44. The lowest BCUT2D eigenvalue weighted by molar-refractivity contribution is -0.118. The maximum Gasteiger partial charge on any atom is 0.262 e. The van der Waals surface area contributed by atoms with Gasteiger partial charge in [0.05, 0.1) is 23.1 Å². The lowest BCUT2D eigenvalue weighted by Crippen LogP contribution is -2.32. The van der Waals surface area contributed by atoms with Crippen LogP contribution >= 0.6 is 15.9 Å². The normalized spacial score (nSPS) is 14.7. The topological polar surface area (TPSA) is 58.4 Å². The van der Waals surface area contributed by atoms with Crippen LogP contribution < -0.4 is 9.80 Å². The van der Waals surface area contributed by atoms with E-state index in [2.05, 4.69) is 21.0 Å². The van der Waals surface area contributed by atoms with Gasteiger partial charge in [0.15, 0.2) is 0 Å². The molecule has 0 saturated carbocycles. The molecule has 0 aliphatic carbocycles. The average molecular weight is 377 g/mol. The monoisotopic (exact) mass is 376 g/mol. The predicted molar refractivity (Wildman–Crippen MR) is 91.7 cm³/mol. The Morgan fingerprint density at radius 1 is 1.30 bits per heavy atom. The van der Waals surface area contributed by atoms with Gasteiger partial charge in [-0.15, -0.1) is 0 Å². The van der Waals surface area contributed by atoms with Gasteiger partial charge in [0.2, 0.25) is 5.91 Å². The van der Waals surface area contributed by atoms with E-state index in [0.29, 0.717) is 23.3 Å². The minimum atomic E-state index is -0.160. The van der Waals surface area contributed by atoms with E-state index in [-0.39, 0.29) is 18.2 Å². The van der Waals surface area contributed by atoms with Crippen molar-refractivity contribution in [2.24, 2.45) is 0 Å². The number of halogens is 1. The predicted octanol–water partition coefficient (Wildman–Crippen LogP) is 2.68. The molecule has 1 aromatic heterocycles. The fourth-order valence-corrected chi connectivity index (χ4v) is 3.31. The molecule has 0 fully saturated rings. The molecule has 0 unspecified atom stereocenters. The molecular formula is C16H17BrN4O2. The van der Waals surface area contributed by atoms with Crippen LogP contribution in [0.3, 0.4) is 0 Å². The first kappa shape index (κ1) is 15.7. The molecule has 3 rings (SSSR count). The number of hydrogen-bond donors (Lipinski definition) is 0. The summed E-state index contributed by atoms with van der Waals surface area (Å²) in [6.07, 6.45) is 1.85. The third-order valence-electron chi connectivity index (χ3n) is 4.01. The molecule has 0 saturated heterocycles. The van der Waals surface area contributed by atoms with Crippen molar-refractivity contribution in [1.29, 1.82) is 0 Å². The molecule has 2 aromatic rings. The quantitative estimate of drug-likeness (QED) is 0.809. The van der Waals surface area contributed by atoms with Crippen LogP contribution in [-0.4, -0.2) is 35.2 Å². The second kappa shape index (κ2) is 6.16. The van der Waals surface area contributed by atoms with Gasteiger partial charge < -0.3 is 9.80 Å². The Labute approximate surface area is 142 Å². The third-order valence-corrected chi connectivity index (χ3v) is 4.84. The van der Waals surface area contributed by atoms with Gasteiger partial charge in [0.25, 0.3) is 5.91 Å². The first-order valence-corrected chi connectivity index (χ1v) is 8.22. The maximum atomic E-state index is 13.0. The number of fused-ring (bicyclic) bond motifs is 1. The molecule has 0 N–H and O–H groups in total. The minimum absolute atomic E-state index is 0.00364. The Morgan fingerprint density at radius 3 is 2.65 bits per heavy atom. The first-order chi connectivity index (χ1) is 11.0. The highest BCUT2D eigenvalue weighted by Gasteiger charge is 2.29. The molecule has 0 bridgehead atoms. The molecule has 0 spiro atoms. The zero-order valence-electron chi connectivity index (χ0n) is 13.0. The van der Waals surface area contributed by atoms with E-state index in [9.17, 15) is 9.59 Å². The minimum Gasteiger partial charge on any atom is -0.313 e. The third kappa shape index (κ3) is 2.65. The van der Waals surface area contributed by atoms with Gasteiger partial charge in [0.1, 0.15) is 4.60 Å². The summed E-state index contributed by atoms with van der Waals surface area (Å²) in [7, 11) is 1.74. The fraction of sp³-hybridized carbons (Fsp3) is 0.312. The number of amides is 2. The second-order valence-electron chi connectivity index (χ2n) is 5.31. The largest absolute Gasteiger partial charge is 0.313 e. The van der Waals surface area contributed by atoms with Crippen LogP contribution in [0.2, 0.25) is 0 Å². The van der Waals surface area contributed by atoms with Crippen molar-refractivity contribution in [3.8, 4) is 0 Å². The van der Waals surface area contributed by atoms with E-state index in [1.165, 1.54) is 0 Å². The second-order valence-corrected chi connectivity index (χ2v) is 6.06. The van der Waals surface area contributed by atoms with E-state index >= 15 is 0 Å². The van der Waals surface area contributed by atoms with Gasteiger partial charge in [0, 0.05) is 26.6 Å². The van der Waals surface area contributed by atoms with E-state index in [0.717, 1.165) is 11.4 Å². The van der Waals surface area contributed by atoms with Crippen molar-refractivity contribution in [3.05, 3.63) is 40.6 Å². The van der Waals surface area contributed by atoms with E-state index < -0.39 is 0 Å². The van der Waals surface area contributed by atoms with Crippen LogP contribution in [0, 0.1) is 0 Å². The summed E-state index contributed by atoms with van der Waals surface area (Å²) in [5, 5.41) is 4.20. The number of rotatable bonds is 2. The maximum absolute atomic E-state index is 13.0. The van der Waals surface area contributed by atoms with E-state index in [1.807, 2.05) is 31.2 Å². The van der Waals surface area contributed by atoms with Crippen molar-refractivity contribution >= 4 is 39.1 Å². The Morgan fingerprint density at radius 2 is 2.00 bits per heavy atom. The SMILES string of the molecule is CCn1ncc(C(=O)N2CCC(=O)N(C)c3ccccc32)c1Br. The van der Waals surface area contributed by atoms with Crippen LogP contribution in [0.5, 0.6) is 0 Å². The molecule has 6 nitrogen and oxygen atoms in total. The van der Waals surface area contributed by atoms with Gasteiger partial charge in [-0.1, -0.05) is 12.1 Å². The van der Waals surface area contributed by atoms with Crippen molar-refractivity contribution < 1.29 is 9.59 Å². The Bertz CT molecular complexity index is 771. The van der Waals surface area contributed by atoms with Gasteiger partial charge in [-0.2, -0.15) is 5.10 Å². The zero-order valence-corrected chi connectivity index (χ0v) is 14.6. The number of carbonyl (C=O) groups excluding carboxylic acids is 2. The van der Waals surface area contributed by atoms with Crippen LogP contribution in [-0.2, 0) is 11.3 Å². The molecule has 1 aliphatic heterocycles. The Balaban J connectivity index is 2.05. The van der Waals surface area contributed by atoms with Gasteiger partial charge in [-0.3, -0.25) is 14.3 Å². The average Bonchev–Trinajstić information content (AvgIpc) is 2.89. The number of para-hydroxylation sites is 2. The number of nitrogens with zero attached hydrogens (tertiary/aromatic N) is 4. The van der Waals surface area contributed by atoms with Gasteiger partial charge >= 0.3 is 0 Å². The molecule has 0 atom stereocenters. The molecule has 0 radical (unpaired) electrons. The highest BCUT2D eigenvalue weighted by atomic mass is 79.9. The first-order valence-electron chi connectivity index (χ1n) is 7.43. The summed E-state index contributed by atoms with van der Waals surface area (Å²) < 4.78 is 2.38. The molecular weight excluding hydrogens is 360 g/mol. The molecule has 120 valence electrons. The highest BCUT2D eigenvalue weighted by Crippen LogP contribution is 2.33. The number of benzene rings is 1. The standard InChI is InChI=1S/C16H17BrN4O2/c1-3-21-15(17)11(10-18-21)16(23)20-9-8-14(22)19(2)12-6-4-5-7-13(12)20/h4-7,10H,3,8-9H2,1-2H3. The van der Waals surface area contributed by atoms with Crippen molar-refractivity contribution in [2.75, 3.05) is 23.4 Å². The van der Waals surface area contributed by atoms with Crippen LogP contribution in [0.15, 0.2) is 35.1 Å². The van der Waals surface area contributed by atoms with Crippen LogP contribution in [0.1, 0.15) is 23.7 Å². The number of aryl methyl sites for hydroxylation is 1. The fourth-order valence-electron chi connectivity index (χ4n) is 2.70. The summed E-state index contributed by atoms with van der Waals surface area (Å²) in [6.45, 7) is 2.98. The number of hydrogen-bond acceptors (Lipinski definition) is 3. The molecule has 1 aromatic carbocycles. The molecule has 7 heteroatoms. The van der Waals surface area contributed by atoms with E-state index in [1.54, 1.807) is 27.7 Å². The summed E-state index contributed by atoms with van der Waals surface area (Å²) in [4.78, 5) is 28.4. The summed E-state index contributed by atoms with van der Waals surface area (Å²) in [5.74, 6) is -0.164. The van der Waals surface area contributed by atoms with E-state index in [4.69, 9.17) is 0 Å². The Hall–Kier alpha value is -2.15. The van der Waals surface area contributed by atoms with Crippen molar-refractivity contribution in [3.63, 3.8) is 0 Å². The lowest BCUT2D eigenvalue weighted by atomic mass is 10.2. The molecule has 23 heavy (non-hydrogen) atoms. The molecule has 2 heterocycles. The highest BCUT2D eigenvalue weighted by molar-refractivity contribution is 9.10. The van der Waals surface area contributed by atoms with Crippen molar-refractivity contribution in [2.45, 2.75) is 19.9 Å². The summed E-state index contributed by atoms with van der Waals surface area (Å²) >= 11 is 3.44. The molecule has 1 aliphatic rings. The van der Waals surface area contributed by atoms with Gasteiger partial charge in [-0.25, -0.2) is 0 Å².